The van der Waals surface area contributed by atoms with Crippen molar-refractivity contribution in [3.63, 3.8) is 0 Å². The predicted octanol–water partition coefficient (Wildman–Crippen LogP) is 4.75. The van der Waals surface area contributed by atoms with Crippen LogP contribution in [0.3, 0.4) is 0 Å². The fourth-order valence-corrected chi connectivity index (χ4v) is 3.44. The molecule has 2 nitrogen and oxygen atoms in total. The molecule has 1 heterocycles. The van der Waals surface area contributed by atoms with E-state index >= 15 is 0 Å². The summed E-state index contributed by atoms with van der Waals surface area (Å²) in [5, 5.41) is 9.66. The molecule has 0 aliphatic carbocycles. The zero-order valence-corrected chi connectivity index (χ0v) is 13.6. The molecule has 3 aromatic rings. The first kappa shape index (κ1) is 14.6. The Balaban J connectivity index is 2.03. The Labute approximate surface area is 142 Å². The summed E-state index contributed by atoms with van der Waals surface area (Å²) in [6, 6.07) is 26.5. The van der Waals surface area contributed by atoms with Crippen LogP contribution in [0.5, 0.6) is 5.75 Å². The van der Waals surface area contributed by atoms with Crippen LogP contribution < -0.4 is 0 Å². The molecular weight excluding hydrogens is 294 g/mol. The van der Waals surface area contributed by atoms with E-state index < -0.39 is 0 Å². The van der Waals surface area contributed by atoms with Crippen molar-refractivity contribution >= 4 is 11.3 Å². The van der Waals surface area contributed by atoms with E-state index in [-0.39, 0.29) is 5.75 Å². The van der Waals surface area contributed by atoms with Gasteiger partial charge in [-0.05, 0) is 34.4 Å². The van der Waals surface area contributed by atoms with E-state index in [1.54, 1.807) is 12.1 Å². The number of hydrogen-bond acceptors (Lipinski definition) is 2. The minimum Gasteiger partial charge on any atom is -0.508 e. The van der Waals surface area contributed by atoms with Gasteiger partial charge in [0.05, 0.1) is 5.70 Å². The van der Waals surface area contributed by atoms with Crippen LogP contribution >= 0.6 is 0 Å². The Bertz CT molecular complexity index is 895. The molecule has 1 aliphatic rings. The molecule has 0 bridgehead atoms. The molecule has 0 aromatic heterocycles. The van der Waals surface area contributed by atoms with Gasteiger partial charge in [0, 0.05) is 19.2 Å². The molecule has 4 rings (SSSR count). The van der Waals surface area contributed by atoms with Crippen molar-refractivity contribution in [1.82, 2.24) is 4.90 Å². The zero-order chi connectivity index (χ0) is 16.5. The van der Waals surface area contributed by atoms with Crippen LogP contribution in [0.4, 0.5) is 0 Å². The van der Waals surface area contributed by atoms with E-state index in [9.17, 15) is 5.11 Å². The Hall–Kier alpha value is -3.00. The maximum atomic E-state index is 9.66. The molecule has 2 heteroatoms. The molecular formula is C22H19NO. The van der Waals surface area contributed by atoms with Gasteiger partial charge in [-0.3, -0.25) is 0 Å². The summed E-state index contributed by atoms with van der Waals surface area (Å²) in [7, 11) is 2.14. The first-order chi connectivity index (χ1) is 11.7. The highest BCUT2D eigenvalue weighted by Crippen LogP contribution is 2.40. The fourth-order valence-electron chi connectivity index (χ4n) is 3.44. The van der Waals surface area contributed by atoms with Crippen molar-refractivity contribution in [1.29, 1.82) is 0 Å². The summed E-state index contributed by atoms with van der Waals surface area (Å²) in [6.45, 7) is 0.891. The third-order valence-electron chi connectivity index (χ3n) is 4.52. The van der Waals surface area contributed by atoms with Gasteiger partial charge in [0.25, 0.3) is 0 Å². The predicted molar refractivity (Wildman–Crippen MR) is 98.4 cm³/mol. The number of aromatic hydroxyl groups is 1. The van der Waals surface area contributed by atoms with Crippen molar-refractivity contribution in [3.8, 4) is 5.75 Å². The largest absolute Gasteiger partial charge is 0.508 e. The standard InChI is InChI=1S/C22H19NO/c1-23-15-18-9-5-6-10-20(18)21(16-11-13-19(24)14-12-16)22(23)17-7-3-2-4-8-17/h2-14,24H,15H2,1H3. The van der Waals surface area contributed by atoms with Crippen LogP contribution in [0, 0.1) is 0 Å². The number of hydrogen-bond donors (Lipinski definition) is 1. The van der Waals surface area contributed by atoms with Gasteiger partial charge in [-0.25, -0.2) is 0 Å². The Morgan fingerprint density at radius 3 is 2.17 bits per heavy atom. The third-order valence-corrected chi connectivity index (χ3v) is 4.52. The average Bonchev–Trinajstić information content (AvgIpc) is 2.62. The third kappa shape index (κ3) is 2.46. The lowest BCUT2D eigenvalue weighted by Crippen LogP contribution is -2.23. The highest BCUT2D eigenvalue weighted by Gasteiger charge is 2.24. The second-order valence-corrected chi connectivity index (χ2v) is 6.15. The van der Waals surface area contributed by atoms with Crippen LogP contribution in [-0.4, -0.2) is 17.1 Å². The molecule has 1 N–H and O–H groups in total. The normalized spacial score (nSPS) is 13.8. The number of fused-ring (bicyclic) bond motifs is 1. The molecule has 0 atom stereocenters. The van der Waals surface area contributed by atoms with E-state index in [1.165, 1.54) is 28.0 Å². The smallest absolute Gasteiger partial charge is 0.115 e. The van der Waals surface area contributed by atoms with Gasteiger partial charge in [0.2, 0.25) is 0 Å². The van der Waals surface area contributed by atoms with Gasteiger partial charge in [-0.15, -0.1) is 0 Å². The molecule has 0 amide bonds. The molecule has 118 valence electrons. The Morgan fingerprint density at radius 1 is 0.750 bits per heavy atom. The van der Waals surface area contributed by atoms with Gasteiger partial charge in [-0.1, -0.05) is 66.7 Å². The van der Waals surface area contributed by atoms with Crippen LogP contribution in [0.2, 0.25) is 0 Å². The lowest BCUT2D eigenvalue weighted by molar-refractivity contribution is 0.470. The number of rotatable bonds is 2. The number of phenolic OH excluding ortho intramolecular Hbond substituents is 1. The lowest BCUT2D eigenvalue weighted by Gasteiger charge is -2.33. The molecule has 0 unspecified atom stereocenters. The summed E-state index contributed by atoms with van der Waals surface area (Å²) >= 11 is 0. The summed E-state index contributed by atoms with van der Waals surface area (Å²) in [5.41, 5.74) is 7.34. The zero-order valence-electron chi connectivity index (χ0n) is 13.6. The molecule has 0 saturated heterocycles. The van der Waals surface area contributed by atoms with Crippen LogP contribution in [0.1, 0.15) is 22.3 Å². The summed E-state index contributed by atoms with van der Waals surface area (Å²) < 4.78 is 0. The fraction of sp³-hybridized carbons (Fsp3) is 0.0909. The maximum absolute atomic E-state index is 9.66. The number of phenols is 1. The molecule has 0 saturated carbocycles. The van der Waals surface area contributed by atoms with Crippen molar-refractivity contribution in [2.24, 2.45) is 0 Å². The average molecular weight is 313 g/mol. The first-order valence-electron chi connectivity index (χ1n) is 8.12. The topological polar surface area (TPSA) is 23.5 Å². The van der Waals surface area contributed by atoms with Crippen molar-refractivity contribution in [2.45, 2.75) is 6.54 Å². The van der Waals surface area contributed by atoms with Gasteiger partial charge in [-0.2, -0.15) is 0 Å². The van der Waals surface area contributed by atoms with Crippen molar-refractivity contribution < 1.29 is 5.11 Å². The summed E-state index contributed by atoms with van der Waals surface area (Å²) in [5.74, 6) is 0.290. The molecule has 0 spiro atoms. The Kier molecular flexibility index (Phi) is 3.58. The minimum absolute atomic E-state index is 0.290. The highest BCUT2D eigenvalue weighted by atomic mass is 16.3. The van der Waals surface area contributed by atoms with Crippen LogP contribution in [-0.2, 0) is 6.54 Å². The van der Waals surface area contributed by atoms with E-state index in [4.69, 9.17) is 0 Å². The van der Waals surface area contributed by atoms with E-state index in [2.05, 4.69) is 60.5 Å². The molecule has 0 fully saturated rings. The lowest BCUT2D eigenvalue weighted by atomic mass is 9.86. The van der Waals surface area contributed by atoms with E-state index in [0.717, 1.165) is 12.1 Å². The van der Waals surface area contributed by atoms with Gasteiger partial charge in [0.15, 0.2) is 0 Å². The summed E-state index contributed by atoms with van der Waals surface area (Å²) in [6.07, 6.45) is 0. The van der Waals surface area contributed by atoms with Crippen molar-refractivity contribution in [2.75, 3.05) is 7.05 Å². The van der Waals surface area contributed by atoms with E-state index in [0.29, 0.717) is 0 Å². The van der Waals surface area contributed by atoms with Gasteiger partial charge >= 0.3 is 0 Å². The second-order valence-electron chi connectivity index (χ2n) is 6.15. The molecule has 3 aromatic carbocycles. The number of benzene rings is 3. The van der Waals surface area contributed by atoms with Crippen molar-refractivity contribution in [3.05, 3.63) is 101 Å². The Morgan fingerprint density at radius 2 is 1.42 bits per heavy atom. The second kappa shape index (κ2) is 5.89. The molecule has 0 radical (unpaired) electrons. The highest BCUT2D eigenvalue weighted by molar-refractivity contribution is 5.99. The van der Waals surface area contributed by atoms with Crippen LogP contribution in [0.25, 0.3) is 11.3 Å². The molecule has 1 aliphatic heterocycles. The molecule has 24 heavy (non-hydrogen) atoms. The first-order valence-corrected chi connectivity index (χ1v) is 8.12. The van der Waals surface area contributed by atoms with E-state index in [1.807, 2.05) is 18.2 Å². The summed E-state index contributed by atoms with van der Waals surface area (Å²) in [4.78, 5) is 2.31. The monoisotopic (exact) mass is 313 g/mol. The quantitative estimate of drug-likeness (QED) is 0.737. The maximum Gasteiger partial charge on any atom is 0.115 e. The van der Waals surface area contributed by atoms with Crippen LogP contribution in [0.15, 0.2) is 78.9 Å². The number of nitrogens with zero attached hydrogens (tertiary/aromatic N) is 1. The minimum atomic E-state index is 0.290. The SMILES string of the molecule is CN1Cc2ccccc2C(c2ccc(O)cc2)=C1c1ccccc1. The van der Waals surface area contributed by atoms with Gasteiger partial charge in [0.1, 0.15) is 5.75 Å². The van der Waals surface area contributed by atoms with Gasteiger partial charge < -0.3 is 10.0 Å².